The number of nitrogens with one attached hydrogen (secondary N) is 1. The zero-order valence-electron chi connectivity index (χ0n) is 11.1. The lowest BCUT2D eigenvalue weighted by Crippen LogP contribution is -2.20. The molecule has 110 valence electrons. The highest BCUT2D eigenvalue weighted by Gasteiger charge is 2.21. The number of nitrogens with two attached hydrogens (primary N) is 1. The molecule has 3 rings (SSSR count). The van der Waals surface area contributed by atoms with Gasteiger partial charge in [-0.2, -0.15) is 0 Å². The van der Waals surface area contributed by atoms with Crippen molar-refractivity contribution >= 4 is 33.2 Å². The predicted octanol–water partition coefficient (Wildman–Crippen LogP) is 3.94. The second kappa shape index (κ2) is 6.13. The molecule has 0 radical (unpaired) electrons. The summed E-state index contributed by atoms with van der Waals surface area (Å²) < 4.78 is 11.7. The molecule has 6 heteroatoms. The first kappa shape index (κ1) is 14.5. The first-order valence-corrected chi connectivity index (χ1v) is 7.66. The smallest absolute Gasteiger partial charge is 0.231 e. The average Bonchev–Trinajstić information content (AvgIpc) is 2.95. The molecule has 0 saturated heterocycles. The standard InChI is InChI=1S/C15H14BrClN2O2/c16-10-3-1-2-4-12(10)19-13(7-18)9-5-11(17)15-14(6-9)20-8-21-15/h1-6,13,19H,7-8,18H2. The number of hydrogen-bond donors (Lipinski definition) is 2. The van der Waals surface area contributed by atoms with E-state index in [4.69, 9.17) is 26.8 Å². The van der Waals surface area contributed by atoms with Gasteiger partial charge in [0.1, 0.15) is 0 Å². The van der Waals surface area contributed by atoms with Crippen LogP contribution in [-0.2, 0) is 0 Å². The number of rotatable bonds is 4. The number of para-hydroxylation sites is 1. The van der Waals surface area contributed by atoms with Crippen molar-refractivity contribution in [1.29, 1.82) is 0 Å². The first-order valence-electron chi connectivity index (χ1n) is 6.49. The van der Waals surface area contributed by atoms with E-state index in [1.165, 1.54) is 0 Å². The van der Waals surface area contributed by atoms with Crippen molar-refractivity contribution in [3.05, 3.63) is 51.5 Å². The maximum Gasteiger partial charge on any atom is 0.231 e. The van der Waals surface area contributed by atoms with Gasteiger partial charge in [-0.1, -0.05) is 23.7 Å². The molecule has 1 aliphatic rings. The molecule has 1 heterocycles. The van der Waals surface area contributed by atoms with E-state index in [9.17, 15) is 0 Å². The van der Waals surface area contributed by atoms with Crippen molar-refractivity contribution in [3.8, 4) is 11.5 Å². The molecule has 0 amide bonds. The van der Waals surface area contributed by atoms with Gasteiger partial charge in [-0.05, 0) is 45.8 Å². The van der Waals surface area contributed by atoms with E-state index in [-0.39, 0.29) is 12.8 Å². The molecule has 0 saturated carbocycles. The highest BCUT2D eigenvalue weighted by Crippen LogP contribution is 2.41. The normalized spacial score (nSPS) is 14.0. The average molecular weight is 370 g/mol. The van der Waals surface area contributed by atoms with Gasteiger partial charge in [0.05, 0.1) is 11.1 Å². The summed E-state index contributed by atoms with van der Waals surface area (Å²) in [5.41, 5.74) is 7.84. The third-order valence-electron chi connectivity index (χ3n) is 3.29. The van der Waals surface area contributed by atoms with Crippen LogP contribution in [0.2, 0.25) is 5.02 Å². The summed E-state index contributed by atoms with van der Waals surface area (Å²) in [7, 11) is 0. The molecule has 1 unspecified atom stereocenters. The fourth-order valence-corrected chi connectivity index (χ4v) is 2.91. The molecule has 21 heavy (non-hydrogen) atoms. The fraction of sp³-hybridized carbons (Fsp3) is 0.200. The minimum atomic E-state index is -0.0734. The summed E-state index contributed by atoms with van der Waals surface area (Å²) in [5.74, 6) is 1.25. The Bertz CT molecular complexity index is 666. The molecule has 4 nitrogen and oxygen atoms in total. The zero-order valence-corrected chi connectivity index (χ0v) is 13.4. The topological polar surface area (TPSA) is 56.5 Å². The van der Waals surface area contributed by atoms with E-state index in [1.807, 2.05) is 36.4 Å². The maximum atomic E-state index is 6.23. The van der Waals surface area contributed by atoms with Gasteiger partial charge in [-0.25, -0.2) is 0 Å². The second-order valence-electron chi connectivity index (χ2n) is 4.65. The van der Waals surface area contributed by atoms with Crippen molar-refractivity contribution in [2.24, 2.45) is 5.73 Å². The number of hydrogen-bond acceptors (Lipinski definition) is 4. The van der Waals surface area contributed by atoms with Crippen molar-refractivity contribution in [1.82, 2.24) is 0 Å². The lowest BCUT2D eigenvalue weighted by Gasteiger charge is -2.20. The third-order valence-corrected chi connectivity index (χ3v) is 4.26. The monoisotopic (exact) mass is 368 g/mol. The molecule has 0 fully saturated rings. The van der Waals surface area contributed by atoms with Crippen LogP contribution >= 0.6 is 27.5 Å². The van der Waals surface area contributed by atoms with Crippen molar-refractivity contribution in [2.75, 3.05) is 18.7 Å². The summed E-state index contributed by atoms with van der Waals surface area (Å²) in [4.78, 5) is 0. The van der Waals surface area contributed by atoms with Crippen LogP contribution in [0.25, 0.3) is 0 Å². The molecule has 1 aliphatic heterocycles. The van der Waals surface area contributed by atoms with Crippen LogP contribution in [0.3, 0.4) is 0 Å². The van der Waals surface area contributed by atoms with Crippen molar-refractivity contribution < 1.29 is 9.47 Å². The van der Waals surface area contributed by atoms with Crippen LogP contribution < -0.4 is 20.5 Å². The predicted molar refractivity (Wildman–Crippen MR) is 87.1 cm³/mol. The van der Waals surface area contributed by atoms with Crippen molar-refractivity contribution in [3.63, 3.8) is 0 Å². The van der Waals surface area contributed by atoms with Crippen LogP contribution in [0.15, 0.2) is 40.9 Å². The summed E-state index contributed by atoms with van der Waals surface area (Å²) in [5, 5.41) is 3.94. The van der Waals surface area contributed by atoms with Crippen LogP contribution in [0.5, 0.6) is 11.5 Å². The Labute approximate surface area is 136 Å². The van der Waals surface area contributed by atoms with Crippen LogP contribution in [0, 0.1) is 0 Å². The highest BCUT2D eigenvalue weighted by molar-refractivity contribution is 9.10. The van der Waals surface area contributed by atoms with Gasteiger partial charge in [0, 0.05) is 16.7 Å². The summed E-state index contributed by atoms with van der Waals surface area (Å²) in [6.07, 6.45) is 0. The van der Waals surface area contributed by atoms with E-state index in [0.29, 0.717) is 23.1 Å². The van der Waals surface area contributed by atoms with Gasteiger partial charge in [0.2, 0.25) is 6.79 Å². The van der Waals surface area contributed by atoms with Crippen LogP contribution in [0.4, 0.5) is 5.69 Å². The van der Waals surface area contributed by atoms with E-state index < -0.39 is 0 Å². The molecule has 2 aromatic carbocycles. The van der Waals surface area contributed by atoms with Gasteiger partial charge in [-0.3, -0.25) is 0 Å². The van der Waals surface area contributed by atoms with Gasteiger partial charge in [-0.15, -0.1) is 0 Å². The maximum absolute atomic E-state index is 6.23. The number of benzene rings is 2. The largest absolute Gasteiger partial charge is 0.454 e. The lowest BCUT2D eigenvalue weighted by atomic mass is 10.1. The molecular weight excluding hydrogens is 356 g/mol. The number of anilines is 1. The van der Waals surface area contributed by atoms with E-state index in [2.05, 4.69) is 21.2 Å². The Morgan fingerprint density at radius 2 is 2.10 bits per heavy atom. The summed E-state index contributed by atoms with van der Waals surface area (Å²) >= 11 is 9.74. The van der Waals surface area contributed by atoms with Crippen molar-refractivity contribution in [2.45, 2.75) is 6.04 Å². The SMILES string of the molecule is NCC(Nc1ccccc1Br)c1cc(Cl)c2c(c1)OCO2. The molecule has 1 atom stereocenters. The number of halogens is 2. The molecule has 2 aromatic rings. The molecule has 0 bridgehead atoms. The van der Waals surface area contributed by atoms with Gasteiger partial charge in [0.25, 0.3) is 0 Å². The number of ether oxygens (including phenoxy) is 2. The van der Waals surface area contributed by atoms with Gasteiger partial charge in [0.15, 0.2) is 11.5 Å². The molecule has 0 aliphatic carbocycles. The molecule has 3 N–H and O–H groups in total. The highest BCUT2D eigenvalue weighted by atomic mass is 79.9. The first-order chi connectivity index (χ1) is 10.2. The fourth-order valence-electron chi connectivity index (χ4n) is 2.23. The Hall–Kier alpha value is -1.43. The Morgan fingerprint density at radius 1 is 1.29 bits per heavy atom. The van der Waals surface area contributed by atoms with Gasteiger partial charge >= 0.3 is 0 Å². The third kappa shape index (κ3) is 2.95. The van der Waals surface area contributed by atoms with Crippen LogP contribution in [-0.4, -0.2) is 13.3 Å². The molecule has 0 spiro atoms. The van der Waals surface area contributed by atoms with E-state index in [0.717, 1.165) is 15.7 Å². The Morgan fingerprint density at radius 3 is 2.86 bits per heavy atom. The van der Waals surface area contributed by atoms with E-state index >= 15 is 0 Å². The minimum Gasteiger partial charge on any atom is -0.454 e. The summed E-state index contributed by atoms with van der Waals surface area (Å²) in [6, 6.07) is 11.6. The number of fused-ring (bicyclic) bond motifs is 1. The zero-order chi connectivity index (χ0) is 14.8. The Balaban J connectivity index is 1.90. The Kier molecular flexibility index (Phi) is 4.24. The summed E-state index contributed by atoms with van der Waals surface area (Å²) in [6.45, 7) is 0.626. The van der Waals surface area contributed by atoms with E-state index in [1.54, 1.807) is 0 Å². The molecular formula is C15H14BrClN2O2. The molecule has 0 aromatic heterocycles. The second-order valence-corrected chi connectivity index (χ2v) is 5.91. The minimum absolute atomic E-state index is 0.0734. The van der Waals surface area contributed by atoms with Gasteiger partial charge < -0.3 is 20.5 Å². The quantitative estimate of drug-likeness (QED) is 0.857. The van der Waals surface area contributed by atoms with Crippen LogP contribution in [0.1, 0.15) is 11.6 Å². The lowest BCUT2D eigenvalue weighted by molar-refractivity contribution is 0.174.